The van der Waals surface area contributed by atoms with Gasteiger partial charge in [-0.15, -0.1) is 11.3 Å². The first-order chi connectivity index (χ1) is 10.1. The van der Waals surface area contributed by atoms with Crippen molar-refractivity contribution in [3.63, 3.8) is 0 Å². The van der Waals surface area contributed by atoms with Crippen LogP contribution in [0.4, 0.5) is 4.39 Å². The number of thiazole rings is 1. The Balaban J connectivity index is 1.60. The molecule has 3 rings (SSSR count). The van der Waals surface area contributed by atoms with Gasteiger partial charge < -0.3 is 10.4 Å². The van der Waals surface area contributed by atoms with Crippen LogP contribution in [0.3, 0.4) is 0 Å². The fourth-order valence-electron chi connectivity index (χ4n) is 2.63. The third kappa shape index (κ3) is 3.15. The van der Waals surface area contributed by atoms with Crippen molar-refractivity contribution in [3.8, 4) is 0 Å². The lowest BCUT2D eigenvalue weighted by atomic mass is 10.1. The summed E-state index contributed by atoms with van der Waals surface area (Å²) >= 11 is 1.75. The fraction of sp³-hybridized carbons (Fsp3) is 0.438. The van der Waals surface area contributed by atoms with Gasteiger partial charge in [-0.3, -0.25) is 0 Å². The van der Waals surface area contributed by atoms with E-state index in [1.807, 2.05) is 6.92 Å². The highest BCUT2D eigenvalue weighted by Gasteiger charge is 2.20. The van der Waals surface area contributed by atoms with Crippen molar-refractivity contribution in [3.05, 3.63) is 51.2 Å². The first-order valence-electron chi connectivity index (χ1n) is 7.29. The van der Waals surface area contributed by atoms with Crippen molar-refractivity contribution in [1.82, 2.24) is 10.3 Å². The van der Waals surface area contributed by atoms with E-state index in [1.54, 1.807) is 29.5 Å². The highest BCUT2D eigenvalue weighted by Crippen LogP contribution is 2.30. The van der Waals surface area contributed by atoms with E-state index in [2.05, 4.69) is 10.3 Å². The lowest BCUT2D eigenvalue weighted by molar-refractivity contribution is 0.166. The van der Waals surface area contributed by atoms with E-state index in [-0.39, 0.29) is 11.9 Å². The molecule has 1 aromatic heterocycles. The second kappa shape index (κ2) is 6.22. The van der Waals surface area contributed by atoms with Gasteiger partial charge in [0.05, 0.1) is 17.8 Å². The monoisotopic (exact) mass is 306 g/mol. The van der Waals surface area contributed by atoms with Crippen molar-refractivity contribution >= 4 is 11.3 Å². The summed E-state index contributed by atoms with van der Waals surface area (Å²) in [6, 6.07) is 6.41. The molecule has 2 unspecified atom stereocenters. The molecule has 0 bridgehead atoms. The lowest BCUT2D eigenvalue weighted by Gasteiger charge is -2.16. The molecule has 1 heterocycles. The number of rotatable bonds is 5. The van der Waals surface area contributed by atoms with Gasteiger partial charge in [-0.25, -0.2) is 9.37 Å². The summed E-state index contributed by atoms with van der Waals surface area (Å²) in [7, 11) is 0. The third-order valence-corrected chi connectivity index (χ3v) is 5.20. The minimum absolute atomic E-state index is 0.0713. The molecule has 1 aromatic carbocycles. The molecule has 0 saturated carbocycles. The maximum absolute atomic E-state index is 13.6. The summed E-state index contributed by atoms with van der Waals surface area (Å²) in [6.07, 6.45) is 2.58. The van der Waals surface area contributed by atoms with Crippen LogP contribution >= 0.6 is 11.3 Å². The van der Waals surface area contributed by atoms with E-state index in [9.17, 15) is 9.50 Å². The first-order valence-corrected chi connectivity index (χ1v) is 8.11. The predicted molar refractivity (Wildman–Crippen MR) is 81.9 cm³/mol. The largest absolute Gasteiger partial charge is 0.387 e. The molecule has 1 aliphatic carbocycles. The van der Waals surface area contributed by atoms with E-state index >= 15 is 0 Å². The summed E-state index contributed by atoms with van der Waals surface area (Å²) < 4.78 is 13.6. The van der Waals surface area contributed by atoms with Crippen molar-refractivity contribution < 1.29 is 9.50 Å². The molecule has 2 aromatic rings. The van der Waals surface area contributed by atoms with Gasteiger partial charge in [0, 0.05) is 17.0 Å². The molecule has 0 fully saturated rings. The molecule has 0 amide bonds. The van der Waals surface area contributed by atoms with Crippen LogP contribution in [0.15, 0.2) is 24.3 Å². The average Bonchev–Trinajstić information content (AvgIpc) is 3.06. The zero-order chi connectivity index (χ0) is 14.8. The standard InChI is InChI=1S/C16H19FN2OS/c1-10(16-19-13-7-4-8-15(13)21-16)18-9-14(20)11-5-2-3-6-12(11)17/h2-3,5-6,10,14,18,20H,4,7-9H2,1H3. The van der Waals surface area contributed by atoms with Crippen molar-refractivity contribution in [1.29, 1.82) is 0 Å². The van der Waals surface area contributed by atoms with Crippen LogP contribution in [0.5, 0.6) is 0 Å². The van der Waals surface area contributed by atoms with Gasteiger partial charge in [0.2, 0.25) is 0 Å². The normalized spacial score (nSPS) is 16.7. The van der Waals surface area contributed by atoms with Crippen molar-refractivity contribution in [2.75, 3.05) is 6.54 Å². The smallest absolute Gasteiger partial charge is 0.129 e. The zero-order valence-electron chi connectivity index (χ0n) is 12.0. The molecule has 0 radical (unpaired) electrons. The van der Waals surface area contributed by atoms with Gasteiger partial charge in [0.15, 0.2) is 0 Å². The summed E-state index contributed by atoms with van der Waals surface area (Å²) in [4.78, 5) is 6.06. The molecule has 3 nitrogen and oxygen atoms in total. The molecule has 0 saturated heterocycles. The second-order valence-electron chi connectivity index (χ2n) is 5.44. The van der Waals surface area contributed by atoms with Gasteiger partial charge in [-0.2, -0.15) is 0 Å². The van der Waals surface area contributed by atoms with Crippen LogP contribution in [-0.4, -0.2) is 16.6 Å². The van der Waals surface area contributed by atoms with E-state index in [4.69, 9.17) is 0 Å². The van der Waals surface area contributed by atoms with Gasteiger partial charge in [-0.05, 0) is 32.3 Å². The number of aliphatic hydroxyl groups excluding tert-OH is 1. The number of aliphatic hydroxyl groups is 1. The Labute approximate surface area is 127 Å². The van der Waals surface area contributed by atoms with Crippen molar-refractivity contribution in [2.24, 2.45) is 0 Å². The Morgan fingerprint density at radius 1 is 1.38 bits per heavy atom. The van der Waals surface area contributed by atoms with Gasteiger partial charge >= 0.3 is 0 Å². The number of hydrogen-bond donors (Lipinski definition) is 2. The summed E-state index contributed by atoms with van der Waals surface area (Å²) in [5, 5.41) is 14.4. The van der Waals surface area contributed by atoms with Crippen LogP contribution < -0.4 is 5.32 Å². The van der Waals surface area contributed by atoms with Crippen LogP contribution in [0.25, 0.3) is 0 Å². The molecule has 2 N–H and O–H groups in total. The summed E-state index contributed by atoms with van der Waals surface area (Å²) in [6.45, 7) is 2.34. The predicted octanol–water partition coefficient (Wildman–Crippen LogP) is 3.16. The topological polar surface area (TPSA) is 45.1 Å². The van der Waals surface area contributed by atoms with Crippen LogP contribution in [-0.2, 0) is 12.8 Å². The maximum atomic E-state index is 13.6. The number of nitrogens with one attached hydrogen (secondary N) is 1. The number of nitrogens with zero attached hydrogens (tertiary/aromatic N) is 1. The Kier molecular flexibility index (Phi) is 4.33. The molecule has 0 spiro atoms. The molecular weight excluding hydrogens is 287 g/mol. The van der Waals surface area contributed by atoms with Gasteiger partial charge in [0.25, 0.3) is 0 Å². The molecule has 0 aliphatic heterocycles. The second-order valence-corrected chi connectivity index (χ2v) is 6.56. The molecule has 2 atom stereocenters. The summed E-state index contributed by atoms with van der Waals surface area (Å²) in [5.41, 5.74) is 1.57. The number of halogens is 1. The minimum atomic E-state index is -0.847. The molecule has 5 heteroatoms. The Morgan fingerprint density at radius 3 is 2.95 bits per heavy atom. The lowest BCUT2D eigenvalue weighted by Crippen LogP contribution is -2.25. The number of fused-ring (bicyclic) bond motifs is 1. The Bertz CT molecular complexity index is 607. The van der Waals surface area contributed by atoms with Crippen LogP contribution in [0.2, 0.25) is 0 Å². The number of aryl methyl sites for hydroxylation is 2. The SMILES string of the molecule is CC(NCC(O)c1ccccc1F)c1nc2c(s1)CCC2. The molecule has 112 valence electrons. The van der Waals surface area contributed by atoms with Crippen LogP contribution in [0, 0.1) is 5.82 Å². The van der Waals surface area contributed by atoms with E-state index < -0.39 is 6.10 Å². The molecule has 21 heavy (non-hydrogen) atoms. The third-order valence-electron chi connectivity index (χ3n) is 3.86. The first kappa shape index (κ1) is 14.6. The van der Waals surface area contributed by atoms with E-state index in [0.717, 1.165) is 17.8 Å². The minimum Gasteiger partial charge on any atom is -0.387 e. The van der Waals surface area contributed by atoms with Gasteiger partial charge in [0.1, 0.15) is 10.8 Å². The molecule has 1 aliphatic rings. The Hall–Kier alpha value is -1.30. The molecular formula is C16H19FN2OS. The quantitative estimate of drug-likeness (QED) is 0.892. The average molecular weight is 306 g/mol. The van der Waals surface area contributed by atoms with Crippen LogP contribution in [0.1, 0.15) is 46.6 Å². The number of benzene rings is 1. The Morgan fingerprint density at radius 2 is 2.19 bits per heavy atom. The van der Waals surface area contributed by atoms with E-state index in [1.165, 1.54) is 23.1 Å². The fourth-order valence-corrected chi connectivity index (χ4v) is 3.81. The number of hydrogen-bond acceptors (Lipinski definition) is 4. The van der Waals surface area contributed by atoms with Gasteiger partial charge in [-0.1, -0.05) is 18.2 Å². The zero-order valence-corrected chi connectivity index (χ0v) is 12.8. The number of aromatic nitrogens is 1. The summed E-state index contributed by atoms with van der Waals surface area (Å²) in [5.74, 6) is -0.368. The highest BCUT2D eigenvalue weighted by molar-refractivity contribution is 7.11. The maximum Gasteiger partial charge on any atom is 0.129 e. The highest BCUT2D eigenvalue weighted by atomic mass is 32.1. The van der Waals surface area contributed by atoms with E-state index in [0.29, 0.717) is 12.1 Å². The van der Waals surface area contributed by atoms with Crippen molar-refractivity contribution in [2.45, 2.75) is 38.3 Å².